The highest BCUT2D eigenvalue weighted by molar-refractivity contribution is 5.89. The molecule has 32 heavy (non-hydrogen) atoms. The first-order valence-corrected chi connectivity index (χ1v) is 10.5. The molecular weight excluding hydrogens is 406 g/mol. The van der Waals surface area contributed by atoms with E-state index in [1.165, 1.54) is 0 Å². The van der Waals surface area contributed by atoms with E-state index >= 15 is 0 Å². The van der Waals surface area contributed by atoms with E-state index < -0.39 is 0 Å². The zero-order valence-electron chi connectivity index (χ0n) is 18.3. The van der Waals surface area contributed by atoms with Crippen molar-refractivity contribution in [3.05, 3.63) is 72.8 Å². The molecule has 1 N–H and O–H groups in total. The van der Waals surface area contributed by atoms with Crippen molar-refractivity contribution in [2.45, 2.75) is 0 Å². The van der Waals surface area contributed by atoms with Crippen LogP contribution in [0.2, 0.25) is 0 Å². The summed E-state index contributed by atoms with van der Waals surface area (Å²) in [6.45, 7) is 2.69. The van der Waals surface area contributed by atoms with Gasteiger partial charge in [0.15, 0.2) is 0 Å². The van der Waals surface area contributed by atoms with Crippen molar-refractivity contribution < 1.29 is 19.0 Å². The molecule has 2 amide bonds. The fourth-order valence-electron chi connectivity index (χ4n) is 3.63. The average molecular weight is 434 g/mol. The van der Waals surface area contributed by atoms with Gasteiger partial charge in [-0.1, -0.05) is 18.2 Å². The van der Waals surface area contributed by atoms with Crippen LogP contribution in [-0.4, -0.2) is 51.3 Å². The number of rotatable bonds is 6. The summed E-state index contributed by atoms with van der Waals surface area (Å²) in [5.41, 5.74) is 1.73. The van der Waals surface area contributed by atoms with Crippen LogP contribution < -0.4 is 24.4 Å². The summed E-state index contributed by atoms with van der Waals surface area (Å²) in [6.07, 6.45) is 0. The number of ether oxygens (including phenoxy) is 3. The Labute approximate surface area is 188 Å². The Balaban J connectivity index is 1.31. The highest BCUT2D eigenvalue weighted by atomic mass is 16.5. The van der Waals surface area contributed by atoms with E-state index in [0.29, 0.717) is 13.1 Å². The van der Waals surface area contributed by atoms with E-state index in [2.05, 4.69) is 10.2 Å². The Kier molecular flexibility index (Phi) is 6.65. The van der Waals surface area contributed by atoms with Crippen LogP contribution in [-0.2, 0) is 0 Å². The topological polar surface area (TPSA) is 63.3 Å². The number of amides is 2. The summed E-state index contributed by atoms with van der Waals surface area (Å²) < 4.78 is 16.6. The maximum atomic E-state index is 12.7. The number of para-hydroxylation sites is 1. The van der Waals surface area contributed by atoms with Crippen LogP contribution in [0.4, 0.5) is 16.2 Å². The van der Waals surface area contributed by atoms with Crippen LogP contribution in [0.3, 0.4) is 0 Å². The number of methoxy groups -OCH3 is 2. The van der Waals surface area contributed by atoms with Crippen molar-refractivity contribution in [3.8, 4) is 23.0 Å². The molecule has 1 aliphatic heterocycles. The molecule has 0 aliphatic carbocycles. The van der Waals surface area contributed by atoms with Crippen LogP contribution in [0.25, 0.3) is 0 Å². The highest BCUT2D eigenvalue weighted by Gasteiger charge is 2.23. The van der Waals surface area contributed by atoms with Gasteiger partial charge in [-0.25, -0.2) is 4.79 Å². The van der Waals surface area contributed by atoms with Gasteiger partial charge in [-0.15, -0.1) is 0 Å². The van der Waals surface area contributed by atoms with E-state index in [9.17, 15) is 4.79 Å². The van der Waals surface area contributed by atoms with E-state index in [4.69, 9.17) is 14.2 Å². The van der Waals surface area contributed by atoms with Gasteiger partial charge in [0.25, 0.3) is 0 Å². The molecule has 7 nitrogen and oxygen atoms in total. The van der Waals surface area contributed by atoms with Gasteiger partial charge in [0.1, 0.15) is 23.0 Å². The lowest BCUT2D eigenvalue weighted by atomic mass is 10.2. The molecule has 0 spiro atoms. The molecule has 7 heteroatoms. The maximum Gasteiger partial charge on any atom is 0.321 e. The summed E-state index contributed by atoms with van der Waals surface area (Å²) in [5, 5.41) is 2.97. The van der Waals surface area contributed by atoms with Crippen molar-refractivity contribution >= 4 is 17.4 Å². The van der Waals surface area contributed by atoms with Crippen LogP contribution in [0.1, 0.15) is 0 Å². The summed E-state index contributed by atoms with van der Waals surface area (Å²) in [7, 11) is 3.29. The summed E-state index contributed by atoms with van der Waals surface area (Å²) >= 11 is 0. The molecule has 3 aromatic carbocycles. The Morgan fingerprint density at radius 1 is 0.781 bits per heavy atom. The standard InChI is InChI=1S/C25H27N3O4/c1-30-22-12-13-23(24(18-22)31-2)27-14-16-28(17-15-27)25(29)26-19-8-10-21(11-9-19)32-20-6-4-3-5-7-20/h3-13,18H,14-17H2,1-2H3,(H,26,29). The van der Waals surface area contributed by atoms with Gasteiger partial charge in [0.2, 0.25) is 0 Å². The predicted molar refractivity (Wildman–Crippen MR) is 125 cm³/mol. The number of nitrogens with zero attached hydrogens (tertiary/aromatic N) is 2. The van der Waals surface area contributed by atoms with E-state index in [0.717, 1.165) is 47.5 Å². The zero-order chi connectivity index (χ0) is 22.3. The van der Waals surface area contributed by atoms with Gasteiger partial charge in [-0.3, -0.25) is 0 Å². The van der Waals surface area contributed by atoms with Gasteiger partial charge >= 0.3 is 6.03 Å². The third kappa shape index (κ3) is 5.06. The first-order chi connectivity index (χ1) is 15.7. The number of hydrogen-bond acceptors (Lipinski definition) is 5. The fourth-order valence-corrected chi connectivity index (χ4v) is 3.63. The van der Waals surface area contributed by atoms with Gasteiger partial charge in [0.05, 0.1) is 19.9 Å². The molecule has 166 valence electrons. The minimum absolute atomic E-state index is 0.108. The Hall–Kier alpha value is -3.87. The minimum atomic E-state index is -0.108. The van der Waals surface area contributed by atoms with Crippen LogP contribution in [0, 0.1) is 0 Å². The number of anilines is 2. The van der Waals surface area contributed by atoms with Crippen molar-refractivity contribution in [2.75, 3.05) is 50.6 Å². The first kappa shape index (κ1) is 21.4. The summed E-state index contributed by atoms with van der Waals surface area (Å²) in [6, 6.07) is 22.6. The van der Waals surface area contributed by atoms with Crippen molar-refractivity contribution in [2.24, 2.45) is 0 Å². The third-order valence-corrected chi connectivity index (χ3v) is 5.38. The molecule has 1 heterocycles. The number of piperazine rings is 1. The molecule has 4 rings (SSSR count). The number of benzene rings is 3. The smallest absolute Gasteiger partial charge is 0.321 e. The molecule has 3 aromatic rings. The minimum Gasteiger partial charge on any atom is -0.497 e. The van der Waals surface area contributed by atoms with E-state index in [1.54, 1.807) is 14.2 Å². The molecule has 0 bridgehead atoms. The molecule has 0 aromatic heterocycles. The maximum absolute atomic E-state index is 12.7. The molecule has 1 fully saturated rings. The lowest BCUT2D eigenvalue weighted by Crippen LogP contribution is -2.50. The zero-order valence-corrected chi connectivity index (χ0v) is 18.3. The Morgan fingerprint density at radius 2 is 1.44 bits per heavy atom. The lowest BCUT2D eigenvalue weighted by molar-refractivity contribution is 0.208. The lowest BCUT2D eigenvalue weighted by Gasteiger charge is -2.36. The second-order valence-electron chi connectivity index (χ2n) is 7.38. The number of hydrogen-bond donors (Lipinski definition) is 1. The van der Waals surface area contributed by atoms with Crippen molar-refractivity contribution in [3.63, 3.8) is 0 Å². The predicted octanol–water partition coefficient (Wildman–Crippen LogP) is 4.85. The van der Waals surface area contributed by atoms with Crippen LogP contribution in [0.5, 0.6) is 23.0 Å². The van der Waals surface area contributed by atoms with Gasteiger partial charge in [-0.05, 0) is 48.5 Å². The molecule has 0 radical (unpaired) electrons. The molecular formula is C25H27N3O4. The quantitative estimate of drug-likeness (QED) is 0.602. The first-order valence-electron chi connectivity index (χ1n) is 10.5. The fraction of sp³-hybridized carbons (Fsp3) is 0.240. The van der Waals surface area contributed by atoms with Gasteiger partial charge < -0.3 is 29.3 Å². The van der Waals surface area contributed by atoms with Gasteiger partial charge in [0, 0.05) is 37.9 Å². The van der Waals surface area contributed by atoms with Crippen molar-refractivity contribution in [1.82, 2.24) is 4.90 Å². The third-order valence-electron chi connectivity index (χ3n) is 5.38. The van der Waals surface area contributed by atoms with E-state index in [-0.39, 0.29) is 6.03 Å². The number of carbonyl (C=O) groups is 1. The van der Waals surface area contributed by atoms with Crippen LogP contribution >= 0.6 is 0 Å². The average Bonchev–Trinajstić information content (AvgIpc) is 2.85. The Morgan fingerprint density at radius 3 is 2.09 bits per heavy atom. The summed E-state index contributed by atoms with van der Waals surface area (Å²) in [4.78, 5) is 16.8. The summed E-state index contributed by atoms with van der Waals surface area (Å²) in [5.74, 6) is 3.01. The number of nitrogens with one attached hydrogen (secondary N) is 1. The second-order valence-corrected chi connectivity index (χ2v) is 7.38. The largest absolute Gasteiger partial charge is 0.497 e. The Bertz CT molecular complexity index is 1030. The normalized spacial score (nSPS) is 13.4. The molecule has 0 saturated carbocycles. The number of urea groups is 1. The molecule has 1 aliphatic rings. The monoisotopic (exact) mass is 433 g/mol. The van der Waals surface area contributed by atoms with Crippen LogP contribution in [0.15, 0.2) is 72.8 Å². The van der Waals surface area contributed by atoms with E-state index in [1.807, 2.05) is 77.7 Å². The molecule has 1 saturated heterocycles. The highest BCUT2D eigenvalue weighted by Crippen LogP contribution is 2.32. The molecule has 0 unspecified atom stereocenters. The number of carbonyl (C=O) groups excluding carboxylic acids is 1. The van der Waals surface area contributed by atoms with Crippen molar-refractivity contribution in [1.29, 1.82) is 0 Å². The SMILES string of the molecule is COc1ccc(N2CCN(C(=O)Nc3ccc(Oc4ccccc4)cc3)CC2)c(OC)c1. The molecule has 0 atom stereocenters. The second kappa shape index (κ2) is 9.96. The van der Waals surface area contributed by atoms with Gasteiger partial charge in [-0.2, -0.15) is 0 Å².